The monoisotopic (exact) mass is 357 g/mol. The Kier molecular flexibility index (Phi) is 4.95. The second-order valence-corrected chi connectivity index (χ2v) is 6.33. The number of rotatable bonds is 5. The Hall–Kier alpha value is -2.53. The Bertz CT molecular complexity index is 898. The zero-order valence-electron chi connectivity index (χ0n) is 14.4. The van der Waals surface area contributed by atoms with Crippen molar-refractivity contribution in [2.75, 3.05) is 0 Å². The number of benzene rings is 1. The summed E-state index contributed by atoms with van der Waals surface area (Å²) in [5.41, 5.74) is 2.22. The molecule has 0 aliphatic heterocycles. The van der Waals surface area contributed by atoms with Crippen LogP contribution in [0.15, 0.2) is 47.0 Å². The molecule has 0 aliphatic carbocycles. The van der Waals surface area contributed by atoms with Crippen molar-refractivity contribution in [2.45, 2.75) is 33.2 Å². The molecule has 5 nitrogen and oxygen atoms in total. The van der Waals surface area contributed by atoms with E-state index in [4.69, 9.17) is 16.0 Å². The van der Waals surface area contributed by atoms with E-state index in [2.05, 4.69) is 10.4 Å². The molecule has 130 valence electrons. The summed E-state index contributed by atoms with van der Waals surface area (Å²) < 4.78 is 7.33. The Morgan fingerprint density at radius 3 is 2.80 bits per heavy atom. The maximum Gasteiger partial charge on any atom is 0.255 e. The van der Waals surface area contributed by atoms with Gasteiger partial charge in [0.25, 0.3) is 5.91 Å². The molecule has 1 atom stereocenters. The maximum atomic E-state index is 12.7. The van der Waals surface area contributed by atoms with Crippen molar-refractivity contribution in [1.82, 2.24) is 15.1 Å². The number of aryl methyl sites for hydroxylation is 1. The predicted molar refractivity (Wildman–Crippen MR) is 97.3 cm³/mol. The van der Waals surface area contributed by atoms with Gasteiger partial charge in [0.1, 0.15) is 11.5 Å². The summed E-state index contributed by atoms with van der Waals surface area (Å²) in [7, 11) is 0. The van der Waals surface area contributed by atoms with Crippen LogP contribution in [-0.4, -0.2) is 15.7 Å². The van der Waals surface area contributed by atoms with Gasteiger partial charge in [0.2, 0.25) is 0 Å². The van der Waals surface area contributed by atoms with E-state index in [9.17, 15) is 4.79 Å². The molecule has 1 unspecified atom stereocenters. The minimum Gasteiger partial charge on any atom is -0.464 e. The molecule has 0 radical (unpaired) electrons. The molecule has 0 spiro atoms. The van der Waals surface area contributed by atoms with Crippen molar-refractivity contribution in [3.8, 4) is 5.69 Å². The predicted octanol–water partition coefficient (Wildman–Crippen LogP) is 4.48. The van der Waals surface area contributed by atoms with Gasteiger partial charge in [-0.2, -0.15) is 5.10 Å². The van der Waals surface area contributed by atoms with E-state index in [1.807, 2.05) is 51.1 Å². The summed E-state index contributed by atoms with van der Waals surface area (Å²) in [5.74, 6) is 1.37. The SMILES string of the molecule is CCc1c(C(=O)NC(C)c2ccc(C)o2)cnn1-c1cccc(Cl)c1. The number of carbonyl (C=O) groups is 1. The van der Waals surface area contributed by atoms with Crippen molar-refractivity contribution in [1.29, 1.82) is 0 Å². The molecule has 3 aromatic rings. The van der Waals surface area contributed by atoms with Crippen LogP contribution in [0, 0.1) is 6.92 Å². The average molecular weight is 358 g/mol. The highest BCUT2D eigenvalue weighted by atomic mass is 35.5. The van der Waals surface area contributed by atoms with E-state index in [1.54, 1.807) is 16.9 Å². The van der Waals surface area contributed by atoms with E-state index in [0.717, 1.165) is 22.9 Å². The third kappa shape index (κ3) is 3.61. The van der Waals surface area contributed by atoms with Gasteiger partial charge in [-0.15, -0.1) is 0 Å². The number of hydrogen-bond acceptors (Lipinski definition) is 3. The lowest BCUT2D eigenvalue weighted by Crippen LogP contribution is -2.27. The first-order valence-corrected chi connectivity index (χ1v) is 8.57. The Labute approximate surface area is 151 Å². The Balaban J connectivity index is 1.86. The number of carbonyl (C=O) groups excluding carboxylic acids is 1. The maximum absolute atomic E-state index is 12.7. The number of aromatic nitrogens is 2. The smallest absolute Gasteiger partial charge is 0.255 e. The van der Waals surface area contributed by atoms with E-state index in [-0.39, 0.29) is 11.9 Å². The van der Waals surface area contributed by atoms with Gasteiger partial charge in [0.15, 0.2) is 0 Å². The third-order valence-electron chi connectivity index (χ3n) is 4.04. The molecule has 0 fully saturated rings. The number of hydrogen-bond donors (Lipinski definition) is 1. The van der Waals surface area contributed by atoms with Crippen LogP contribution in [0.4, 0.5) is 0 Å². The summed E-state index contributed by atoms with van der Waals surface area (Å²) in [6, 6.07) is 10.9. The van der Waals surface area contributed by atoms with Gasteiger partial charge in [0.05, 0.1) is 29.2 Å². The van der Waals surface area contributed by atoms with Gasteiger partial charge in [-0.05, 0) is 50.6 Å². The summed E-state index contributed by atoms with van der Waals surface area (Å²) in [6.45, 7) is 5.76. The minimum atomic E-state index is -0.222. The fraction of sp³-hybridized carbons (Fsp3) is 0.263. The van der Waals surface area contributed by atoms with Crippen LogP contribution in [0.25, 0.3) is 5.69 Å². The van der Waals surface area contributed by atoms with Crippen LogP contribution in [0.3, 0.4) is 0 Å². The molecule has 0 aliphatic rings. The van der Waals surface area contributed by atoms with E-state index in [0.29, 0.717) is 17.0 Å². The number of furan rings is 1. The highest BCUT2D eigenvalue weighted by Crippen LogP contribution is 2.21. The van der Waals surface area contributed by atoms with Gasteiger partial charge >= 0.3 is 0 Å². The molecule has 0 saturated carbocycles. The summed E-state index contributed by atoms with van der Waals surface area (Å²) in [5, 5.41) is 7.97. The number of nitrogens with zero attached hydrogens (tertiary/aromatic N) is 2. The largest absolute Gasteiger partial charge is 0.464 e. The quantitative estimate of drug-likeness (QED) is 0.732. The van der Waals surface area contributed by atoms with E-state index < -0.39 is 0 Å². The first kappa shape index (κ1) is 17.3. The highest BCUT2D eigenvalue weighted by molar-refractivity contribution is 6.30. The zero-order valence-corrected chi connectivity index (χ0v) is 15.2. The van der Waals surface area contributed by atoms with Crippen molar-refractivity contribution < 1.29 is 9.21 Å². The molecule has 1 amide bonds. The fourth-order valence-electron chi connectivity index (χ4n) is 2.77. The van der Waals surface area contributed by atoms with Crippen LogP contribution >= 0.6 is 11.6 Å². The topological polar surface area (TPSA) is 60.1 Å². The van der Waals surface area contributed by atoms with Crippen LogP contribution in [0.1, 0.15) is 47.5 Å². The van der Waals surface area contributed by atoms with E-state index >= 15 is 0 Å². The van der Waals surface area contributed by atoms with Crippen LogP contribution in [0.5, 0.6) is 0 Å². The van der Waals surface area contributed by atoms with Gasteiger partial charge in [0, 0.05) is 5.02 Å². The molecule has 1 N–H and O–H groups in total. The fourth-order valence-corrected chi connectivity index (χ4v) is 2.95. The van der Waals surface area contributed by atoms with Crippen LogP contribution in [-0.2, 0) is 6.42 Å². The molecular formula is C19H20ClN3O2. The van der Waals surface area contributed by atoms with Gasteiger partial charge in [-0.1, -0.05) is 24.6 Å². The molecule has 2 heterocycles. The van der Waals surface area contributed by atoms with Gasteiger partial charge < -0.3 is 9.73 Å². The van der Waals surface area contributed by atoms with Crippen molar-refractivity contribution >= 4 is 17.5 Å². The number of amides is 1. The van der Waals surface area contributed by atoms with Crippen molar-refractivity contribution in [2.24, 2.45) is 0 Å². The first-order valence-electron chi connectivity index (χ1n) is 8.19. The Morgan fingerprint density at radius 2 is 2.16 bits per heavy atom. The standard InChI is InChI=1S/C19H20ClN3O2/c1-4-17-16(11-21-23(17)15-7-5-6-14(20)10-15)19(24)22-13(3)18-9-8-12(2)25-18/h5-11,13H,4H2,1-3H3,(H,22,24). The highest BCUT2D eigenvalue weighted by Gasteiger charge is 2.20. The second kappa shape index (κ2) is 7.15. The average Bonchev–Trinajstić information content (AvgIpc) is 3.20. The van der Waals surface area contributed by atoms with Crippen molar-refractivity contribution in [3.05, 3.63) is 70.4 Å². The lowest BCUT2D eigenvalue weighted by atomic mass is 10.1. The summed E-state index contributed by atoms with van der Waals surface area (Å²) >= 11 is 6.07. The first-order chi connectivity index (χ1) is 12.0. The van der Waals surface area contributed by atoms with E-state index in [1.165, 1.54) is 0 Å². The lowest BCUT2D eigenvalue weighted by Gasteiger charge is -2.12. The summed E-state index contributed by atoms with van der Waals surface area (Å²) in [6.07, 6.45) is 2.26. The molecule has 6 heteroatoms. The molecule has 25 heavy (non-hydrogen) atoms. The van der Waals surface area contributed by atoms with Crippen LogP contribution in [0.2, 0.25) is 5.02 Å². The molecular weight excluding hydrogens is 338 g/mol. The zero-order chi connectivity index (χ0) is 18.0. The second-order valence-electron chi connectivity index (χ2n) is 5.89. The van der Waals surface area contributed by atoms with Gasteiger partial charge in [-0.25, -0.2) is 4.68 Å². The molecule has 2 aromatic heterocycles. The number of halogens is 1. The molecule has 0 saturated heterocycles. The Morgan fingerprint density at radius 1 is 1.36 bits per heavy atom. The minimum absolute atomic E-state index is 0.174. The summed E-state index contributed by atoms with van der Waals surface area (Å²) in [4.78, 5) is 12.7. The third-order valence-corrected chi connectivity index (χ3v) is 4.27. The molecule has 0 bridgehead atoms. The molecule has 3 rings (SSSR count). The number of nitrogens with one attached hydrogen (secondary N) is 1. The van der Waals surface area contributed by atoms with Crippen LogP contribution < -0.4 is 5.32 Å². The lowest BCUT2D eigenvalue weighted by molar-refractivity contribution is 0.0934. The van der Waals surface area contributed by atoms with Crippen molar-refractivity contribution in [3.63, 3.8) is 0 Å². The molecule has 1 aromatic carbocycles. The normalized spacial score (nSPS) is 12.2. The van der Waals surface area contributed by atoms with Gasteiger partial charge in [-0.3, -0.25) is 4.79 Å².